The number of urea groups is 1. The van der Waals surface area contributed by atoms with Crippen LogP contribution < -0.4 is 10.6 Å². The lowest BCUT2D eigenvalue weighted by Gasteiger charge is -2.36. The monoisotopic (exact) mass is 299 g/mol. The molecule has 21 heavy (non-hydrogen) atoms. The first kappa shape index (κ1) is 15.7. The van der Waals surface area contributed by atoms with Crippen molar-refractivity contribution in [3.8, 4) is 0 Å². The lowest BCUT2D eigenvalue weighted by atomic mass is 9.92. The summed E-state index contributed by atoms with van der Waals surface area (Å²) >= 11 is 0. The van der Waals surface area contributed by atoms with Gasteiger partial charge >= 0.3 is 6.03 Å². The van der Waals surface area contributed by atoms with Crippen molar-refractivity contribution < 1.29 is 18.7 Å². The maximum Gasteiger partial charge on any atom is 0.319 e. The predicted molar refractivity (Wildman–Crippen MR) is 75.1 cm³/mol. The third-order valence-corrected chi connectivity index (χ3v) is 3.67. The number of carbonyl (C=O) groups excluding carboxylic acids is 1. The Balaban J connectivity index is 1.86. The number of nitrogens with one attached hydrogen (secondary N) is 2. The van der Waals surface area contributed by atoms with E-state index in [1.54, 1.807) is 0 Å². The number of piperidine rings is 1. The molecule has 1 fully saturated rings. The van der Waals surface area contributed by atoms with E-state index in [-0.39, 0.29) is 12.2 Å². The highest BCUT2D eigenvalue weighted by Crippen LogP contribution is 2.20. The van der Waals surface area contributed by atoms with E-state index in [0.717, 1.165) is 31.3 Å². The number of benzene rings is 1. The SMILES string of the molecule is CN1CCC(O)(CNC(=O)Nc2cc(F)ccc2F)CC1. The molecule has 1 aromatic carbocycles. The van der Waals surface area contributed by atoms with Crippen LogP contribution in [0.4, 0.5) is 19.3 Å². The summed E-state index contributed by atoms with van der Waals surface area (Å²) in [7, 11) is 1.96. The molecule has 2 rings (SSSR count). The van der Waals surface area contributed by atoms with Crippen LogP contribution in [0.5, 0.6) is 0 Å². The molecule has 0 spiro atoms. The highest BCUT2D eigenvalue weighted by atomic mass is 19.1. The normalized spacial score (nSPS) is 18.3. The first-order chi connectivity index (χ1) is 9.88. The quantitative estimate of drug-likeness (QED) is 0.793. The van der Waals surface area contributed by atoms with Crippen LogP contribution in [0.15, 0.2) is 18.2 Å². The van der Waals surface area contributed by atoms with Crippen molar-refractivity contribution in [1.29, 1.82) is 0 Å². The molecule has 0 radical (unpaired) electrons. The molecule has 7 heteroatoms. The number of hydrogen-bond acceptors (Lipinski definition) is 3. The predicted octanol–water partition coefficient (Wildman–Crippen LogP) is 1.54. The first-order valence-electron chi connectivity index (χ1n) is 6.79. The van der Waals surface area contributed by atoms with E-state index >= 15 is 0 Å². The molecule has 1 saturated heterocycles. The van der Waals surface area contributed by atoms with Gasteiger partial charge in [-0.1, -0.05) is 0 Å². The van der Waals surface area contributed by atoms with Gasteiger partial charge in [0.15, 0.2) is 0 Å². The van der Waals surface area contributed by atoms with Crippen LogP contribution in [0.2, 0.25) is 0 Å². The van der Waals surface area contributed by atoms with Gasteiger partial charge in [0.25, 0.3) is 0 Å². The Labute approximate surface area is 121 Å². The van der Waals surface area contributed by atoms with Gasteiger partial charge in [0.2, 0.25) is 0 Å². The zero-order valence-electron chi connectivity index (χ0n) is 11.8. The Morgan fingerprint density at radius 2 is 2.05 bits per heavy atom. The van der Waals surface area contributed by atoms with Crippen molar-refractivity contribution in [2.24, 2.45) is 0 Å². The van der Waals surface area contributed by atoms with E-state index in [0.29, 0.717) is 12.8 Å². The van der Waals surface area contributed by atoms with E-state index in [1.165, 1.54) is 0 Å². The summed E-state index contributed by atoms with van der Waals surface area (Å²) in [5, 5.41) is 15.0. The van der Waals surface area contributed by atoms with E-state index in [9.17, 15) is 18.7 Å². The molecule has 0 unspecified atom stereocenters. The number of aliphatic hydroxyl groups is 1. The van der Waals surface area contributed by atoms with Crippen molar-refractivity contribution >= 4 is 11.7 Å². The zero-order chi connectivity index (χ0) is 15.5. The van der Waals surface area contributed by atoms with Crippen LogP contribution in [0.3, 0.4) is 0 Å². The molecule has 2 amide bonds. The van der Waals surface area contributed by atoms with E-state index < -0.39 is 23.3 Å². The zero-order valence-corrected chi connectivity index (χ0v) is 11.8. The Morgan fingerprint density at radius 3 is 2.71 bits per heavy atom. The van der Waals surface area contributed by atoms with Crippen LogP contribution in [-0.4, -0.2) is 48.3 Å². The number of amides is 2. The molecule has 3 N–H and O–H groups in total. The molecule has 0 saturated carbocycles. The number of carbonyl (C=O) groups is 1. The van der Waals surface area contributed by atoms with Gasteiger partial charge in [-0.25, -0.2) is 13.6 Å². The minimum absolute atomic E-state index is 0.0730. The van der Waals surface area contributed by atoms with Crippen LogP contribution in [0, 0.1) is 11.6 Å². The molecule has 5 nitrogen and oxygen atoms in total. The minimum atomic E-state index is -0.954. The second kappa shape index (κ2) is 6.36. The molecule has 1 aliphatic rings. The Bertz CT molecular complexity index is 517. The standard InChI is InChI=1S/C14H19F2N3O2/c1-19-6-4-14(21,5-7-19)9-17-13(20)18-12-8-10(15)2-3-11(12)16/h2-3,8,21H,4-7,9H2,1H3,(H2,17,18,20). The number of anilines is 1. The summed E-state index contributed by atoms with van der Waals surface area (Å²) in [5.41, 5.74) is -1.19. The molecule has 0 atom stereocenters. The molecular weight excluding hydrogens is 280 g/mol. The van der Waals surface area contributed by atoms with E-state index in [1.807, 2.05) is 7.05 Å². The molecule has 0 aliphatic carbocycles. The number of halogens is 2. The van der Waals surface area contributed by atoms with Crippen LogP contribution in [-0.2, 0) is 0 Å². The summed E-state index contributed by atoms with van der Waals surface area (Å²) in [5.74, 6) is -1.36. The van der Waals surface area contributed by atoms with Gasteiger partial charge in [0.05, 0.1) is 11.3 Å². The Morgan fingerprint density at radius 1 is 1.38 bits per heavy atom. The fourth-order valence-corrected chi connectivity index (χ4v) is 2.22. The van der Waals surface area contributed by atoms with Gasteiger partial charge in [0, 0.05) is 25.7 Å². The fourth-order valence-electron chi connectivity index (χ4n) is 2.22. The highest BCUT2D eigenvalue weighted by molar-refractivity contribution is 5.89. The van der Waals surface area contributed by atoms with Gasteiger partial charge in [-0.15, -0.1) is 0 Å². The summed E-state index contributed by atoms with van der Waals surface area (Å²) in [4.78, 5) is 13.8. The third kappa shape index (κ3) is 4.37. The molecule has 1 aromatic rings. The molecule has 1 heterocycles. The minimum Gasteiger partial charge on any atom is -0.388 e. The topological polar surface area (TPSA) is 64.6 Å². The molecule has 1 aliphatic heterocycles. The average Bonchev–Trinajstić information content (AvgIpc) is 2.45. The third-order valence-electron chi connectivity index (χ3n) is 3.67. The summed E-state index contributed by atoms with van der Waals surface area (Å²) < 4.78 is 26.4. The number of hydrogen-bond donors (Lipinski definition) is 3. The fraction of sp³-hybridized carbons (Fsp3) is 0.500. The lowest BCUT2D eigenvalue weighted by molar-refractivity contribution is -0.0120. The van der Waals surface area contributed by atoms with Crippen LogP contribution >= 0.6 is 0 Å². The smallest absolute Gasteiger partial charge is 0.319 e. The Kier molecular flexibility index (Phi) is 4.74. The molecule has 0 aromatic heterocycles. The molecule has 116 valence electrons. The lowest BCUT2D eigenvalue weighted by Crippen LogP contribution is -2.50. The van der Waals surface area contributed by atoms with Gasteiger partial charge in [-0.3, -0.25) is 0 Å². The number of rotatable bonds is 3. The van der Waals surface area contributed by atoms with Gasteiger partial charge < -0.3 is 20.6 Å². The second-order valence-electron chi connectivity index (χ2n) is 5.46. The van der Waals surface area contributed by atoms with Crippen molar-refractivity contribution in [3.63, 3.8) is 0 Å². The summed E-state index contributed by atoms with van der Waals surface area (Å²) in [6, 6.07) is 2.14. The second-order valence-corrected chi connectivity index (χ2v) is 5.46. The molecule has 0 bridgehead atoms. The van der Waals surface area contributed by atoms with Gasteiger partial charge in [-0.2, -0.15) is 0 Å². The number of nitrogens with zero attached hydrogens (tertiary/aromatic N) is 1. The van der Waals surface area contributed by atoms with Crippen molar-refractivity contribution in [1.82, 2.24) is 10.2 Å². The Hall–Kier alpha value is -1.73. The van der Waals surface area contributed by atoms with Crippen molar-refractivity contribution in [2.75, 3.05) is 32.0 Å². The van der Waals surface area contributed by atoms with Crippen LogP contribution in [0.1, 0.15) is 12.8 Å². The summed E-state index contributed by atoms with van der Waals surface area (Å²) in [6.45, 7) is 1.57. The summed E-state index contributed by atoms with van der Waals surface area (Å²) in [6.07, 6.45) is 1.11. The van der Waals surface area contributed by atoms with Crippen molar-refractivity contribution in [2.45, 2.75) is 18.4 Å². The maximum absolute atomic E-state index is 13.4. The van der Waals surface area contributed by atoms with Gasteiger partial charge in [0.1, 0.15) is 11.6 Å². The van der Waals surface area contributed by atoms with E-state index in [4.69, 9.17) is 0 Å². The maximum atomic E-state index is 13.4. The van der Waals surface area contributed by atoms with Crippen molar-refractivity contribution in [3.05, 3.63) is 29.8 Å². The van der Waals surface area contributed by atoms with Gasteiger partial charge in [-0.05, 0) is 32.0 Å². The molecular formula is C14H19F2N3O2. The largest absolute Gasteiger partial charge is 0.388 e. The first-order valence-corrected chi connectivity index (χ1v) is 6.79. The average molecular weight is 299 g/mol. The van der Waals surface area contributed by atoms with Crippen LogP contribution in [0.25, 0.3) is 0 Å². The highest BCUT2D eigenvalue weighted by Gasteiger charge is 2.31. The van der Waals surface area contributed by atoms with E-state index in [2.05, 4.69) is 15.5 Å². The number of likely N-dealkylation sites (tertiary alicyclic amines) is 1.